The third-order valence-corrected chi connectivity index (χ3v) is 3.58. The Hall–Kier alpha value is -2.17. The van der Waals surface area contributed by atoms with E-state index < -0.39 is 0 Å². The molecule has 1 heterocycles. The molecule has 5 heteroatoms. The van der Waals surface area contributed by atoms with Gasteiger partial charge in [0.25, 0.3) is 5.56 Å². The molecule has 1 aromatic carbocycles. The first-order valence-electron chi connectivity index (χ1n) is 7.62. The van der Waals surface area contributed by atoms with E-state index in [9.17, 15) is 4.79 Å². The van der Waals surface area contributed by atoms with Gasteiger partial charge in [0.05, 0.1) is 26.3 Å². The van der Waals surface area contributed by atoms with Crippen molar-refractivity contribution in [3.8, 4) is 17.2 Å². The topological polar surface area (TPSA) is 60.5 Å². The fourth-order valence-electron chi connectivity index (χ4n) is 2.39. The van der Waals surface area contributed by atoms with Crippen molar-refractivity contribution < 1.29 is 14.2 Å². The Morgan fingerprint density at radius 3 is 2.55 bits per heavy atom. The zero-order chi connectivity index (χ0) is 15.9. The van der Waals surface area contributed by atoms with Crippen molar-refractivity contribution in [2.75, 3.05) is 20.8 Å². The summed E-state index contributed by atoms with van der Waals surface area (Å²) in [4.78, 5) is 14.9. The Bertz CT molecular complexity index is 678. The number of unbranched alkanes of at least 4 members (excludes halogenated alkanes) is 3. The Kier molecular flexibility index (Phi) is 5.69. The number of H-pyrrole nitrogens is 1. The predicted molar refractivity (Wildman–Crippen MR) is 87.3 cm³/mol. The standard InChI is InChI=1S/C17H23NO4/c1-4-5-6-7-10-22-15-13-9-8-12(20-2)11-14(13)18-17(19)16(15)21-3/h8-9,11H,4-7,10H2,1-3H3,(H,18,19). The van der Waals surface area contributed by atoms with Crippen molar-refractivity contribution in [2.45, 2.75) is 32.6 Å². The lowest BCUT2D eigenvalue weighted by atomic mass is 10.2. The molecule has 0 aliphatic carbocycles. The van der Waals surface area contributed by atoms with Gasteiger partial charge < -0.3 is 19.2 Å². The Morgan fingerprint density at radius 1 is 1.05 bits per heavy atom. The van der Waals surface area contributed by atoms with E-state index in [0.29, 0.717) is 23.6 Å². The summed E-state index contributed by atoms with van der Waals surface area (Å²) in [5, 5.41) is 0.813. The van der Waals surface area contributed by atoms with Gasteiger partial charge in [-0.2, -0.15) is 0 Å². The number of benzene rings is 1. The highest BCUT2D eigenvalue weighted by molar-refractivity contribution is 5.88. The molecule has 2 rings (SSSR count). The van der Waals surface area contributed by atoms with Gasteiger partial charge in [-0.15, -0.1) is 0 Å². The summed E-state index contributed by atoms with van der Waals surface area (Å²) in [5.41, 5.74) is 0.375. The summed E-state index contributed by atoms with van der Waals surface area (Å²) < 4.78 is 16.3. The van der Waals surface area contributed by atoms with Crippen LogP contribution in [0, 0.1) is 0 Å². The number of nitrogens with one attached hydrogen (secondary N) is 1. The highest BCUT2D eigenvalue weighted by Gasteiger charge is 2.15. The van der Waals surface area contributed by atoms with Gasteiger partial charge in [0.2, 0.25) is 5.75 Å². The average molecular weight is 305 g/mol. The Labute approximate surface area is 130 Å². The summed E-state index contributed by atoms with van der Waals surface area (Å²) in [6.07, 6.45) is 4.44. The molecule has 1 aromatic heterocycles. The normalized spacial score (nSPS) is 10.7. The molecule has 0 amide bonds. The molecule has 0 aliphatic rings. The second kappa shape index (κ2) is 7.73. The van der Waals surface area contributed by atoms with Crippen LogP contribution in [0.25, 0.3) is 10.9 Å². The lowest BCUT2D eigenvalue weighted by molar-refractivity contribution is 0.287. The number of hydrogen-bond acceptors (Lipinski definition) is 4. The number of fused-ring (bicyclic) bond motifs is 1. The smallest absolute Gasteiger partial charge is 0.294 e. The first kappa shape index (κ1) is 16.2. The lowest BCUT2D eigenvalue weighted by Crippen LogP contribution is -2.12. The van der Waals surface area contributed by atoms with Crippen LogP contribution in [0.3, 0.4) is 0 Å². The van der Waals surface area contributed by atoms with Crippen LogP contribution in [0.4, 0.5) is 0 Å². The molecule has 22 heavy (non-hydrogen) atoms. The number of methoxy groups -OCH3 is 2. The highest BCUT2D eigenvalue weighted by atomic mass is 16.5. The third kappa shape index (κ3) is 3.53. The molecule has 0 unspecified atom stereocenters. The molecular formula is C17H23NO4. The van der Waals surface area contributed by atoms with Gasteiger partial charge in [0, 0.05) is 11.5 Å². The van der Waals surface area contributed by atoms with E-state index in [4.69, 9.17) is 14.2 Å². The van der Waals surface area contributed by atoms with E-state index in [1.807, 2.05) is 12.1 Å². The van der Waals surface area contributed by atoms with Crippen molar-refractivity contribution in [1.82, 2.24) is 4.98 Å². The van der Waals surface area contributed by atoms with Gasteiger partial charge in [0.1, 0.15) is 5.75 Å². The minimum atomic E-state index is -0.299. The second-order valence-electron chi connectivity index (χ2n) is 5.14. The molecule has 0 radical (unpaired) electrons. The Balaban J connectivity index is 2.33. The van der Waals surface area contributed by atoms with Crippen molar-refractivity contribution in [1.29, 1.82) is 0 Å². The molecule has 1 N–H and O–H groups in total. The molecule has 0 bridgehead atoms. The van der Waals surface area contributed by atoms with Crippen molar-refractivity contribution in [3.05, 3.63) is 28.6 Å². The van der Waals surface area contributed by atoms with Crippen LogP contribution in [-0.2, 0) is 0 Å². The van der Waals surface area contributed by atoms with Gasteiger partial charge >= 0.3 is 0 Å². The molecule has 2 aromatic rings. The maximum atomic E-state index is 12.1. The summed E-state index contributed by atoms with van der Waals surface area (Å²) >= 11 is 0. The van der Waals surface area contributed by atoms with Crippen LogP contribution in [0.15, 0.2) is 23.0 Å². The molecule has 0 saturated carbocycles. The largest absolute Gasteiger partial charge is 0.497 e. The summed E-state index contributed by atoms with van der Waals surface area (Å²) in [6.45, 7) is 2.74. The van der Waals surface area contributed by atoms with Gasteiger partial charge in [0.15, 0.2) is 5.75 Å². The summed E-state index contributed by atoms with van der Waals surface area (Å²) in [6, 6.07) is 5.48. The lowest BCUT2D eigenvalue weighted by Gasteiger charge is -2.13. The molecule has 0 aliphatic heterocycles. The monoisotopic (exact) mass is 305 g/mol. The fourth-order valence-corrected chi connectivity index (χ4v) is 2.39. The second-order valence-corrected chi connectivity index (χ2v) is 5.14. The van der Waals surface area contributed by atoms with Crippen LogP contribution in [-0.4, -0.2) is 25.8 Å². The highest BCUT2D eigenvalue weighted by Crippen LogP contribution is 2.33. The van der Waals surface area contributed by atoms with E-state index in [1.165, 1.54) is 20.0 Å². The minimum Gasteiger partial charge on any atom is -0.497 e. The molecule has 5 nitrogen and oxygen atoms in total. The zero-order valence-electron chi connectivity index (χ0n) is 13.4. The van der Waals surface area contributed by atoms with E-state index in [2.05, 4.69) is 11.9 Å². The van der Waals surface area contributed by atoms with Crippen LogP contribution in [0.1, 0.15) is 32.6 Å². The van der Waals surface area contributed by atoms with Gasteiger partial charge in [-0.1, -0.05) is 26.2 Å². The van der Waals surface area contributed by atoms with E-state index >= 15 is 0 Å². The van der Waals surface area contributed by atoms with Gasteiger partial charge in [-0.05, 0) is 18.6 Å². The molecule has 0 fully saturated rings. The van der Waals surface area contributed by atoms with E-state index in [0.717, 1.165) is 18.2 Å². The number of rotatable bonds is 8. The maximum Gasteiger partial charge on any atom is 0.294 e. The van der Waals surface area contributed by atoms with Gasteiger partial charge in [-0.3, -0.25) is 4.79 Å². The molecule has 0 atom stereocenters. The zero-order valence-corrected chi connectivity index (χ0v) is 13.4. The molecule has 0 spiro atoms. The number of aromatic nitrogens is 1. The van der Waals surface area contributed by atoms with E-state index in [-0.39, 0.29) is 11.3 Å². The van der Waals surface area contributed by atoms with E-state index in [1.54, 1.807) is 13.2 Å². The summed E-state index contributed by atoms with van der Waals surface area (Å²) in [5.74, 6) is 1.40. The molecular weight excluding hydrogens is 282 g/mol. The fraction of sp³-hybridized carbons (Fsp3) is 0.471. The molecule has 0 saturated heterocycles. The first-order valence-corrected chi connectivity index (χ1v) is 7.62. The van der Waals surface area contributed by atoms with Crippen LogP contribution in [0.2, 0.25) is 0 Å². The summed E-state index contributed by atoms with van der Waals surface area (Å²) in [7, 11) is 3.07. The predicted octanol–water partition coefficient (Wildman–Crippen LogP) is 3.50. The number of aromatic amines is 1. The average Bonchev–Trinajstić information content (AvgIpc) is 2.53. The SMILES string of the molecule is CCCCCCOc1c(OC)c(=O)[nH]c2cc(OC)ccc12. The Morgan fingerprint density at radius 2 is 1.86 bits per heavy atom. The minimum absolute atomic E-state index is 0.216. The maximum absolute atomic E-state index is 12.1. The number of pyridine rings is 1. The quantitative estimate of drug-likeness (QED) is 0.758. The number of ether oxygens (including phenoxy) is 3. The van der Waals surface area contributed by atoms with Crippen LogP contribution in [0.5, 0.6) is 17.2 Å². The van der Waals surface area contributed by atoms with Gasteiger partial charge in [-0.25, -0.2) is 0 Å². The van der Waals surface area contributed by atoms with Crippen molar-refractivity contribution in [2.24, 2.45) is 0 Å². The van der Waals surface area contributed by atoms with Crippen molar-refractivity contribution >= 4 is 10.9 Å². The number of hydrogen-bond donors (Lipinski definition) is 1. The van der Waals surface area contributed by atoms with Crippen LogP contribution < -0.4 is 19.8 Å². The molecule has 120 valence electrons. The van der Waals surface area contributed by atoms with Crippen LogP contribution >= 0.6 is 0 Å². The third-order valence-electron chi connectivity index (χ3n) is 3.58. The van der Waals surface area contributed by atoms with Crippen molar-refractivity contribution in [3.63, 3.8) is 0 Å². The first-order chi connectivity index (χ1) is 10.7.